The van der Waals surface area contributed by atoms with Gasteiger partial charge in [0.2, 0.25) is 0 Å². The molecule has 0 spiro atoms. The number of benzene rings is 1. The Balaban J connectivity index is 1.81. The highest BCUT2D eigenvalue weighted by molar-refractivity contribution is 5.98. The fraction of sp³-hybridized carbons (Fsp3) is 0.444. The first kappa shape index (κ1) is 15.0. The summed E-state index contributed by atoms with van der Waals surface area (Å²) in [4.78, 5) is 16.9. The van der Waals surface area contributed by atoms with Crippen LogP contribution < -0.4 is 5.32 Å². The van der Waals surface area contributed by atoms with Gasteiger partial charge in [-0.3, -0.25) is 9.78 Å². The molecular weight excluding hydrogens is 276 g/mol. The fourth-order valence-corrected chi connectivity index (χ4v) is 3.15. The molecule has 22 heavy (non-hydrogen) atoms. The van der Waals surface area contributed by atoms with Gasteiger partial charge in [-0.1, -0.05) is 25.0 Å². The molecule has 0 saturated heterocycles. The van der Waals surface area contributed by atoms with Crippen molar-refractivity contribution in [3.63, 3.8) is 0 Å². The minimum Gasteiger partial charge on any atom is -0.388 e. The van der Waals surface area contributed by atoms with Gasteiger partial charge in [0.1, 0.15) is 0 Å². The molecule has 1 aliphatic carbocycles. The number of nitrogens with zero attached hydrogens (tertiary/aromatic N) is 1. The van der Waals surface area contributed by atoms with Crippen molar-refractivity contribution < 1.29 is 9.90 Å². The van der Waals surface area contributed by atoms with Gasteiger partial charge < -0.3 is 10.4 Å². The maximum absolute atomic E-state index is 12.4. The van der Waals surface area contributed by atoms with Crippen LogP contribution in [0.25, 0.3) is 10.9 Å². The van der Waals surface area contributed by atoms with E-state index in [2.05, 4.69) is 10.3 Å². The van der Waals surface area contributed by atoms with Gasteiger partial charge in [-0.05, 0) is 44.4 Å². The maximum atomic E-state index is 12.4. The smallest absolute Gasteiger partial charge is 0.253 e. The number of nitrogens with one attached hydrogen (secondary N) is 1. The Morgan fingerprint density at radius 3 is 2.73 bits per heavy atom. The number of pyridine rings is 1. The second-order valence-corrected chi connectivity index (χ2v) is 6.43. The van der Waals surface area contributed by atoms with Crippen LogP contribution in [0.3, 0.4) is 0 Å². The second kappa shape index (κ2) is 5.69. The molecule has 0 radical (unpaired) electrons. The molecule has 0 bridgehead atoms. The molecule has 1 saturated carbocycles. The zero-order valence-corrected chi connectivity index (χ0v) is 13.1. The molecule has 2 aromatic rings. The van der Waals surface area contributed by atoms with E-state index in [9.17, 15) is 9.90 Å². The summed E-state index contributed by atoms with van der Waals surface area (Å²) >= 11 is 0. The second-order valence-electron chi connectivity index (χ2n) is 6.43. The van der Waals surface area contributed by atoms with Crippen LogP contribution in [-0.2, 0) is 0 Å². The number of amides is 1. The van der Waals surface area contributed by atoms with Crippen LogP contribution >= 0.6 is 0 Å². The average molecular weight is 298 g/mol. The van der Waals surface area contributed by atoms with Gasteiger partial charge >= 0.3 is 0 Å². The molecule has 2 N–H and O–H groups in total. The Labute approximate surface area is 130 Å². The summed E-state index contributed by atoms with van der Waals surface area (Å²) < 4.78 is 0. The van der Waals surface area contributed by atoms with Crippen LogP contribution in [-0.4, -0.2) is 28.1 Å². The molecule has 1 aromatic heterocycles. The van der Waals surface area contributed by atoms with Crippen molar-refractivity contribution >= 4 is 16.8 Å². The third-order valence-corrected chi connectivity index (χ3v) is 4.52. The highest BCUT2D eigenvalue weighted by Gasteiger charge is 2.31. The van der Waals surface area contributed by atoms with Crippen molar-refractivity contribution in [1.29, 1.82) is 0 Å². The van der Waals surface area contributed by atoms with Gasteiger partial charge in [0.15, 0.2) is 0 Å². The van der Waals surface area contributed by atoms with Gasteiger partial charge in [0, 0.05) is 11.9 Å². The first-order chi connectivity index (χ1) is 10.5. The van der Waals surface area contributed by atoms with E-state index in [1.165, 1.54) is 0 Å². The molecule has 1 aliphatic rings. The molecular formula is C18H22N2O2. The number of carbonyl (C=O) groups is 1. The summed E-state index contributed by atoms with van der Waals surface area (Å²) in [6.45, 7) is 4.19. The lowest BCUT2D eigenvalue weighted by Gasteiger charge is -2.22. The maximum Gasteiger partial charge on any atom is 0.253 e. The molecule has 1 amide bonds. The van der Waals surface area contributed by atoms with Crippen LogP contribution in [0.2, 0.25) is 0 Å². The van der Waals surface area contributed by atoms with Crippen molar-refractivity contribution in [1.82, 2.24) is 10.3 Å². The van der Waals surface area contributed by atoms with Crippen molar-refractivity contribution in [2.24, 2.45) is 0 Å². The van der Waals surface area contributed by atoms with Gasteiger partial charge in [-0.2, -0.15) is 0 Å². The van der Waals surface area contributed by atoms with Crippen LogP contribution in [0, 0.1) is 13.8 Å². The first-order valence-electron chi connectivity index (χ1n) is 7.85. The number of carbonyl (C=O) groups excluding carboxylic acids is 1. The Kier molecular flexibility index (Phi) is 3.87. The molecule has 0 aliphatic heterocycles. The van der Waals surface area contributed by atoms with Crippen molar-refractivity contribution in [3.8, 4) is 0 Å². The molecule has 3 rings (SSSR count). The Morgan fingerprint density at radius 2 is 2.00 bits per heavy atom. The molecule has 1 aromatic carbocycles. The van der Waals surface area contributed by atoms with Crippen molar-refractivity contribution in [3.05, 3.63) is 41.1 Å². The highest BCUT2D eigenvalue weighted by Crippen LogP contribution is 2.28. The van der Waals surface area contributed by atoms with E-state index < -0.39 is 5.60 Å². The predicted octanol–water partition coefficient (Wildman–Crippen LogP) is 2.89. The van der Waals surface area contributed by atoms with Crippen LogP contribution in [0.5, 0.6) is 0 Å². The van der Waals surface area contributed by atoms with E-state index in [1.54, 1.807) is 0 Å². The number of hydrogen-bond donors (Lipinski definition) is 2. The van der Waals surface area contributed by atoms with E-state index in [0.29, 0.717) is 17.8 Å². The van der Waals surface area contributed by atoms with E-state index in [0.717, 1.165) is 42.1 Å². The third-order valence-electron chi connectivity index (χ3n) is 4.52. The van der Waals surface area contributed by atoms with E-state index >= 15 is 0 Å². The Morgan fingerprint density at radius 1 is 1.27 bits per heavy atom. The molecule has 0 atom stereocenters. The van der Waals surface area contributed by atoms with Crippen LogP contribution in [0.1, 0.15) is 47.3 Å². The number of rotatable bonds is 3. The van der Waals surface area contributed by atoms with E-state index in [4.69, 9.17) is 0 Å². The molecule has 0 unspecified atom stereocenters. The van der Waals surface area contributed by atoms with Gasteiger partial charge in [-0.25, -0.2) is 0 Å². The standard InChI is InChI=1S/C18H22N2O2/c1-12-5-6-14-10-15(13(2)20-16(14)9-12)17(21)19-11-18(22)7-3-4-8-18/h5-6,9-10,22H,3-4,7-8,11H2,1-2H3,(H,19,21). The summed E-state index contributed by atoms with van der Waals surface area (Å²) in [6.07, 6.45) is 3.59. The monoisotopic (exact) mass is 298 g/mol. The van der Waals surface area contributed by atoms with Gasteiger partial charge in [0.05, 0.1) is 22.4 Å². The van der Waals surface area contributed by atoms with Crippen molar-refractivity contribution in [2.75, 3.05) is 6.54 Å². The third kappa shape index (κ3) is 2.97. The molecule has 4 heteroatoms. The van der Waals surface area contributed by atoms with E-state index in [1.807, 2.05) is 38.1 Å². The topological polar surface area (TPSA) is 62.2 Å². The summed E-state index contributed by atoms with van der Waals surface area (Å²) in [5.41, 5.74) is 2.63. The summed E-state index contributed by atoms with van der Waals surface area (Å²) in [7, 11) is 0. The SMILES string of the molecule is Cc1ccc2cc(C(=O)NCC3(O)CCCC3)c(C)nc2c1. The summed E-state index contributed by atoms with van der Waals surface area (Å²) in [5.74, 6) is -0.159. The molecule has 1 fully saturated rings. The Hall–Kier alpha value is -1.94. The number of fused-ring (bicyclic) bond motifs is 1. The Bertz CT molecular complexity index is 718. The van der Waals surface area contributed by atoms with Crippen LogP contribution in [0.4, 0.5) is 0 Å². The van der Waals surface area contributed by atoms with Gasteiger partial charge in [0.25, 0.3) is 5.91 Å². The minimum absolute atomic E-state index is 0.159. The normalized spacial score (nSPS) is 16.9. The number of hydrogen-bond acceptors (Lipinski definition) is 3. The summed E-state index contributed by atoms with van der Waals surface area (Å²) in [5, 5.41) is 14.2. The number of aromatic nitrogens is 1. The number of aryl methyl sites for hydroxylation is 2. The van der Waals surface area contributed by atoms with Gasteiger partial charge in [-0.15, -0.1) is 0 Å². The highest BCUT2D eigenvalue weighted by atomic mass is 16.3. The quantitative estimate of drug-likeness (QED) is 0.916. The molecule has 116 valence electrons. The lowest BCUT2D eigenvalue weighted by molar-refractivity contribution is 0.0449. The summed E-state index contributed by atoms with van der Waals surface area (Å²) in [6, 6.07) is 7.90. The van der Waals surface area contributed by atoms with Crippen molar-refractivity contribution in [2.45, 2.75) is 45.1 Å². The first-order valence-corrected chi connectivity index (χ1v) is 7.85. The predicted molar refractivity (Wildman–Crippen MR) is 87.0 cm³/mol. The molecule has 4 nitrogen and oxygen atoms in total. The average Bonchev–Trinajstić information content (AvgIpc) is 2.91. The lowest BCUT2D eigenvalue weighted by atomic mass is 10.0. The minimum atomic E-state index is -0.731. The zero-order chi connectivity index (χ0) is 15.7. The zero-order valence-electron chi connectivity index (χ0n) is 13.1. The fourth-order valence-electron chi connectivity index (χ4n) is 3.15. The lowest BCUT2D eigenvalue weighted by Crippen LogP contribution is -2.41. The van der Waals surface area contributed by atoms with E-state index in [-0.39, 0.29) is 5.91 Å². The molecule has 1 heterocycles. The largest absolute Gasteiger partial charge is 0.388 e. The van der Waals surface area contributed by atoms with Crippen LogP contribution in [0.15, 0.2) is 24.3 Å². The number of aliphatic hydroxyl groups is 1.